The first-order valence-corrected chi connectivity index (χ1v) is 9.85. The third-order valence-corrected chi connectivity index (χ3v) is 5.24. The summed E-state index contributed by atoms with van der Waals surface area (Å²) < 4.78 is 60.5. The van der Waals surface area contributed by atoms with Crippen LogP contribution < -0.4 is 10.1 Å². The topological polar surface area (TPSA) is 88.2 Å². The molecule has 0 fully saturated rings. The number of anilines is 1. The Morgan fingerprint density at radius 2 is 2.03 bits per heavy atom. The maximum absolute atomic E-state index is 15.1. The lowest BCUT2D eigenvalue weighted by Crippen LogP contribution is -2.33. The van der Waals surface area contributed by atoms with Crippen molar-refractivity contribution < 1.29 is 32.2 Å². The minimum atomic E-state index is -4.55. The van der Waals surface area contributed by atoms with E-state index < -0.39 is 29.6 Å². The standard InChI is InChI=1S/C22H18F4N4O3/c1-12-16(10-31)27-11-28-20(12)33-18-6-5-17-15(19(18)23)7-8-30(17)21(32)29-14-4-2-3-13(9-14)22(24,25)26/h2-9,11-12,16,31H,10H2,1H3,(H,29,32). The second-order valence-electron chi connectivity index (χ2n) is 7.38. The first-order valence-electron chi connectivity index (χ1n) is 9.85. The maximum atomic E-state index is 15.1. The molecule has 1 aromatic heterocycles. The van der Waals surface area contributed by atoms with Crippen LogP contribution in [-0.4, -0.2) is 40.6 Å². The van der Waals surface area contributed by atoms with Crippen LogP contribution in [0.25, 0.3) is 10.9 Å². The lowest BCUT2D eigenvalue weighted by molar-refractivity contribution is -0.137. The van der Waals surface area contributed by atoms with Crippen LogP contribution in [0.3, 0.4) is 0 Å². The van der Waals surface area contributed by atoms with Crippen LogP contribution in [0.1, 0.15) is 12.5 Å². The van der Waals surface area contributed by atoms with Crippen molar-refractivity contribution in [1.29, 1.82) is 0 Å². The number of aliphatic imine (C=N–C) groups is 2. The van der Waals surface area contributed by atoms with Crippen molar-refractivity contribution in [2.75, 3.05) is 11.9 Å². The van der Waals surface area contributed by atoms with Gasteiger partial charge in [-0.05, 0) is 36.4 Å². The van der Waals surface area contributed by atoms with E-state index in [-0.39, 0.29) is 40.8 Å². The van der Waals surface area contributed by atoms with E-state index in [2.05, 4.69) is 15.3 Å². The van der Waals surface area contributed by atoms with Crippen molar-refractivity contribution in [3.8, 4) is 5.75 Å². The van der Waals surface area contributed by atoms with Gasteiger partial charge in [-0.1, -0.05) is 13.0 Å². The molecule has 11 heteroatoms. The van der Waals surface area contributed by atoms with Crippen LogP contribution in [0.4, 0.5) is 28.0 Å². The molecule has 2 N–H and O–H groups in total. The predicted octanol–water partition coefficient (Wildman–Crippen LogP) is 4.70. The molecular weight excluding hydrogens is 444 g/mol. The molecule has 2 heterocycles. The van der Waals surface area contributed by atoms with E-state index in [1.54, 1.807) is 6.92 Å². The molecule has 0 radical (unpaired) electrons. The second-order valence-corrected chi connectivity index (χ2v) is 7.38. The summed E-state index contributed by atoms with van der Waals surface area (Å²) in [4.78, 5) is 20.7. The summed E-state index contributed by atoms with van der Waals surface area (Å²) in [5.41, 5.74) is -0.766. The van der Waals surface area contributed by atoms with Crippen molar-refractivity contribution in [3.63, 3.8) is 0 Å². The number of halogens is 4. The van der Waals surface area contributed by atoms with Crippen molar-refractivity contribution >= 4 is 34.9 Å². The van der Waals surface area contributed by atoms with Gasteiger partial charge in [0.25, 0.3) is 0 Å². The van der Waals surface area contributed by atoms with Crippen LogP contribution in [0.5, 0.6) is 5.75 Å². The van der Waals surface area contributed by atoms with Crippen molar-refractivity contribution in [1.82, 2.24) is 4.57 Å². The molecule has 4 rings (SSSR count). The van der Waals surface area contributed by atoms with Gasteiger partial charge in [-0.25, -0.2) is 14.2 Å². The lowest BCUT2D eigenvalue weighted by Gasteiger charge is -2.22. The quantitative estimate of drug-likeness (QED) is 0.554. The summed E-state index contributed by atoms with van der Waals surface area (Å²) >= 11 is 0. The molecule has 172 valence electrons. The minimum Gasteiger partial charge on any atom is -0.439 e. The van der Waals surface area contributed by atoms with E-state index in [1.165, 1.54) is 42.9 Å². The minimum absolute atomic E-state index is 0.0542. The largest absolute Gasteiger partial charge is 0.439 e. The van der Waals surface area contributed by atoms with Gasteiger partial charge in [-0.3, -0.25) is 9.56 Å². The fourth-order valence-corrected chi connectivity index (χ4v) is 3.40. The highest BCUT2D eigenvalue weighted by Crippen LogP contribution is 2.31. The summed E-state index contributed by atoms with van der Waals surface area (Å²) in [6, 6.07) is 7.11. The Labute approximate surface area is 185 Å². The lowest BCUT2D eigenvalue weighted by atomic mass is 10.0. The van der Waals surface area contributed by atoms with Crippen LogP contribution in [0.2, 0.25) is 0 Å². The molecule has 7 nitrogen and oxygen atoms in total. The van der Waals surface area contributed by atoms with Crippen molar-refractivity contribution in [2.24, 2.45) is 15.9 Å². The number of benzene rings is 2. The molecule has 1 aliphatic heterocycles. The summed E-state index contributed by atoms with van der Waals surface area (Å²) in [5.74, 6) is -1.06. The number of amides is 1. The number of alkyl halides is 3. The zero-order chi connectivity index (χ0) is 23.8. The fourth-order valence-electron chi connectivity index (χ4n) is 3.40. The molecule has 2 aromatic carbocycles. The highest BCUT2D eigenvalue weighted by Gasteiger charge is 2.30. The average Bonchev–Trinajstić information content (AvgIpc) is 3.22. The van der Waals surface area contributed by atoms with Gasteiger partial charge in [-0.15, -0.1) is 0 Å². The number of aliphatic hydroxyl groups excluding tert-OH is 1. The Morgan fingerprint density at radius 1 is 1.24 bits per heavy atom. The summed E-state index contributed by atoms with van der Waals surface area (Å²) in [7, 11) is 0. The fraction of sp³-hybridized carbons (Fsp3) is 0.227. The number of carbonyl (C=O) groups is 1. The average molecular weight is 462 g/mol. The molecule has 1 amide bonds. The summed E-state index contributed by atoms with van der Waals surface area (Å²) in [5, 5.41) is 11.8. The molecule has 0 spiro atoms. The Bertz CT molecular complexity index is 1270. The van der Waals surface area contributed by atoms with E-state index in [1.807, 2.05) is 0 Å². The molecule has 2 atom stereocenters. The highest BCUT2D eigenvalue weighted by molar-refractivity contribution is 5.99. The predicted molar refractivity (Wildman–Crippen MR) is 114 cm³/mol. The number of carbonyl (C=O) groups excluding carboxylic acids is 1. The Balaban J connectivity index is 1.58. The number of fused-ring (bicyclic) bond motifs is 1. The Morgan fingerprint density at radius 3 is 2.76 bits per heavy atom. The van der Waals surface area contributed by atoms with Crippen molar-refractivity contribution in [3.05, 3.63) is 60.0 Å². The molecule has 2 unspecified atom stereocenters. The summed E-state index contributed by atoms with van der Waals surface area (Å²) in [6.07, 6.45) is -2.01. The van der Waals surface area contributed by atoms with Crippen LogP contribution in [0.15, 0.2) is 58.6 Å². The van der Waals surface area contributed by atoms with Crippen molar-refractivity contribution in [2.45, 2.75) is 19.1 Å². The number of ether oxygens (including phenoxy) is 1. The number of nitrogens with one attached hydrogen (secondary N) is 1. The van der Waals surface area contributed by atoms with E-state index in [4.69, 9.17) is 4.74 Å². The molecule has 0 saturated heterocycles. The maximum Gasteiger partial charge on any atom is 0.416 e. The van der Waals surface area contributed by atoms with Gasteiger partial charge in [0.05, 0.1) is 29.6 Å². The van der Waals surface area contributed by atoms with E-state index in [0.29, 0.717) is 0 Å². The smallest absolute Gasteiger partial charge is 0.416 e. The van der Waals surface area contributed by atoms with E-state index >= 15 is 4.39 Å². The first-order chi connectivity index (χ1) is 15.7. The Kier molecular flexibility index (Phi) is 5.90. The van der Waals surface area contributed by atoms with Gasteiger partial charge < -0.3 is 15.2 Å². The second kappa shape index (κ2) is 8.66. The number of hydrogen-bond donors (Lipinski definition) is 2. The SMILES string of the molecule is CC1C(Oc2ccc3c(ccn3C(=O)Nc3cccc(C(F)(F)F)c3)c2F)=NC=NC1CO. The number of hydrogen-bond acceptors (Lipinski definition) is 5. The first kappa shape index (κ1) is 22.5. The van der Waals surface area contributed by atoms with Gasteiger partial charge in [0.15, 0.2) is 11.6 Å². The highest BCUT2D eigenvalue weighted by atomic mass is 19.4. The molecule has 33 heavy (non-hydrogen) atoms. The van der Waals surface area contributed by atoms with Gasteiger partial charge >= 0.3 is 12.2 Å². The van der Waals surface area contributed by atoms with E-state index in [9.17, 15) is 23.1 Å². The zero-order valence-corrected chi connectivity index (χ0v) is 17.2. The monoisotopic (exact) mass is 462 g/mol. The summed E-state index contributed by atoms with van der Waals surface area (Å²) in [6.45, 7) is 1.52. The molecule has 0 aliphatic carbocycles. The molecule has 3 aromatic rings. The molecule has 1 aliphatic rings. The van der Waals surface area contributed by atoms with Crippen LogP contribution in [-0.2, 0) is 6.18 Å². The third-order valence-electron chi connectivity index (χ3n) is 5.24. The third kappa shape index (κ3) is 4.44. The van der Waals surface area contributed by atoms with E-state index in [0.717, 1.165) is 16.7 Å². The van der Waals surface area contributed by atoms with Gasteiger partial charge in [0.2, 0.25) is 5.90 Å². The molecule has 0 saturated carbocycles. The number of rotatable bonds is 3. The number of nitrogens with zero attached hydrogens (tertiary/aromatic N) is 3. The van der Waals surface area contributed by atoms with Crippen LogP contribution >= 0.6 is 0 Å². The van der Waals surface area contributed by atoms with Gasteiger partial charge in [-0.2, -0.15) is 13.2 Å². The Hall–Kier alpha value is -3.73. The number of aliphatic hydroxyl groups is 1. The normalized spacial score (nSPS) is 18.3. The molecule has 0 bridgehead atoms. The van der Waals surface area contributed by atoms with Gasteiger partial charge in [0, 0.05) is 17.3 Å². The van der Waals surface area contributed by atoms with Gasteiger partial charge in [0.1, 0.15) is 6.34 Å². The zero-order valence-electron chi connectivity index (χ0n) is 17.2. The molecular formula is C22H18F4N4O3. The number of aromatic nitrogens is 1. The van der Waals surface area contributed by atoms with Crippen LogP contribution in [0, 0.1) is 11.7 Å².